The zero-order valence-electron chi connectivity index (χ0n) is 18.3. The number of aliphatic hydroxyl groups is 1. The van der Waals surface area contributed by atoms with Gasteiger partial charge in [0.25, 0.3) is 0 Å². The summed E-state index contributed by atoms with van der Waals surface area (Å²) in [5.74, 6) is 0.349. The first kappa shape index (κ1) is 23.4. The van der Waals surface area contributed by atoms with Crippen molar-refractivity contribution in [3.05, 3.63) is 23.8 Å². The number of amides is 2. The second kappa shape index (κ2) is 11.3. The number of benzene rings is 1. The van der Waals surface area contributed by atoms with E-state index in [1.165, 1.54) is 19.3 Å². The molecule has 6 nitrogen and oxygen atoms in total. The van der Waals surface area contributed by atoms with Crippen molar-refractivity contribution in [2.45, 2.75) is 84.9 Å². The molecule has 1 aromatic rings. The Kier molecular flexibility index (Phi) is 9.11. The van der Waals surface area contributed by atoms with Crippen LogP contribution < -0.4 is 16.0 Å². The van der Waals surface area contributed by atoms with Crippen molar-refractivity contribution < 1.29 is 14.7 Å². The smallest absolute Gasteiger partial charge is 0.224 e. The summed E-state index contributed by atoms with van der Waals surface area (Å²) in [5.41, 5.74) is 1.80. The highest BCUT2D eigenvalue weighted by Crippen LogP contribution is 2.26. The summed E-state index contributed by atoms with van der Waals surface area (Å²) >= 11 is 0. The lowest BCUT2D eigenvalue weighted by molar-refractivity contribution is -0.117. The number of carbonyl (C=O) groups excluding carboxylic acids is 2. The maximum Gasteiger partial charge on any atom is 0.224 e. The summed E-state index contributed by atoms with van der Waals surface area (Å²) in [6.45, 7) is 7.97. The van der Waals surface area contributed by atoms with Gasteiger partial charge in [-0.1, -0.05) is 47.0 Å². The molecule has 0 heterocycles. The third-order valence-electron chi connectivity index (χ3n) is 5.02. The van der Waals surface area contributed by atoms with Crippen molar-refractivity contribution in [1.82, 2.24) is 5.32 Å². The molecule has 1 fully saturated rings. The molecule has 1 unspecified atom stereocenters. The number of anilines is 2. The molecule has 29 heavy (non-hydrogen) atoms. The fourth-order valence-electron chi connectivity index (χ4n) is 3.71. The van der Waals surface area contributed by atoms with Gasteiger partial charge >= 0.3 is 0 Å². The third kappa shape index (κ3) is 8.54. The number of hydrogen-bond acceptors (Lipinski definition) is 4. The average molecular weight is 404 g/mol. The van der Waals surface area contributed by atoms with Crippen LogP contribution in [0.5, 0.6) is 0 Å². The van der Waals surface area contributed by atoms with Crippen molar-refractivity contribution in [3.8, 4) is 0 Å². The predicted molar refractivity (Wildman–Crippen MR) is 118 cm³/mol. The van der Waals surface area contributed by atoms with E-state index >= 15 is 0 Å². The summed E-state index contributed by atoms with van der Waals surface area (Å²) in [6, 6.07) is 5.58. The lowest BCUT2D eigenvalue weighted by Gasteiger charge is -2.26. The maximum atomic E-state index is 12.2. The van der Waals surface area contributed by atoms with Gasteiger partial charge in [-0.05, 0) is 48.4 Å². The number of rotatable bonds is 9. The molecule has 0 radical (unpaired) electrons. The minimum absolute atomic E-state index is 0.0775. The molecular formula is C23H37N3O3. The Hall–Kier alpha value is -1.92. The van der Waals surface area contributed by atoms with Crippen LogP contribution in [0.1, 0.15) is 84.4 Å². The van der Waals surface area contributed by atoms with Gasteiger partial charge in [-0.25, -0.2) is 0 Å². The van der Waals surface area contributed by atoms with Crippen LogP contribution in [-0.4, -0.2) is 23.0 Å². The fourth-order valence-corrected chi connectivity index (χ4v) is 3.71. The Morgan fingerprint density at radius 2 is 1.38 bits per heavy atom. The van der Waals surface area contributed by atoms with Crippen LogP contribution in [0.3, 0.4) is 0 Å². The largest absolute Gasteiger partial charge is 0.374 e. The molecule has 1 aliphatic rings. The lowest BCUT2D eigenvalue weighted by atomic mass is 9.95. The van der Waals surface area contributed by atoms with Crippen molar-refractivity contribution >= 4 is 23.2 Å². The van der Waals surface area contributed by atoms with Gasteiger partial charge in [-0.2, -0.15) is 0 Å². The van der Waals surface area contributed by atoms with Crippen LogP contribution in [0.15, 0.2) is 18.2 Å². The Morgan fingerprint density at radius 3 is 1.83 bits per heavy atom. The molecular weight excluding hydrogens is 366 g/mol. The molecule has 6 heteroatoms. The normalized spacial score (nSPS) is 16.1. The van der Waals surface area contributed by atoms with E-state index in [0.717, 1.165) is 12.8 Å². The van der Waals surface area contributed by atoms with Gasteiger partial charge in [0.2, 0.25) is 11.8 Å². The van der Waals surface area contributed by atoms with Gasteiger partial charge in [0, 0.05) is 30.3 Å². The number of aliphatic hydroxyl groups excluding tert-OH is 1. The Morgan fingerprint density at radius 1 is 0.897 bits per heavy atom. The first-order valence-electron chi connectivity index (χ1n) is 10.9. The van der Waals surface area contributed by atoms with Crippen LogP contribution in [0.4, 0.5) is 11.4 Å². The highest BCUT2D eigenvalue weighted by molar-refractivity contribution is 5.94. The Bertz CT molecular complexity index is 640. The quantitative estimate of drug-likeness (QED) is 0.455. The summed E-state index contributed by atoms with van der Waals surface area (Å²) in [5, 5.41) is 19.8. The molecule has 4 N–H and O–H groups in total. The van der Waals surface area contributed by atoms with Crippen molar-refractivity contribution in [2.75, 3.05) is 10.6 Å². The van der Waals surface area contributed by atoms with Gasteiger partial charge < -0.3 is 15.7 Å². The molecule has 1 atom stereocenters. The van der Waals surface area contributed by atoms with Crippen LogP contribution >= 0.6 is 0 Å². The second-order valence-corrected chi connectivity index (χ2v) is 9.04. The minimum atomic E-state index is -0.846. The third-order valence-corrected chi connectivity index (χ3v) is 5.02. The van der Waals surface area contributed by atoms with Gasteiger partial charge in [-0.3, -0.25) is 14.9 Å². The molecule has 0 spiro atoms. The Balaban J connectivity index is 2.17. The molecule has 1 aromatic carbocycles. The van der Waals surface area contributed by atoms with E-state index in [2.05, 4.69) is 16.0 Å². The molecule has 0 aliphatic heterocycles. The minimum Gasteiger partial charge on any atom is -0.374 e. The molecule has 0 saturated heterocycles. The first-order valence-corrected chi connectivity index (χ1v) is 10.9. The monoisotopic (exact) mass is 403 g/mol. The Labute approximate surface area is 174 Å². The van der Waals surface area contributed by atoms with Gasteiger partial charge in [0.1, 0.15) is 6.23 Å². The summed E-state index contributed by atoms with van der Waals surface area (Å²) in [4.78, 5) is 24.4. The van der Waals surface area contributed by atoms with Crippen molar-refractivity contribution in [2.24, 2.45) is 11.8 Å². The van der Waals surface area contributed by atoms with E-state index in [-0.39, 0.29) is 29.7 Å². The van der Waals surface area contributed by atoms with Crippen molar-refractivity contribution in [1.29, 1.82) is 0 Å². The molecule has 0 aromatic heterocycles. The summed E-state index contributed by atoms with van der Waals surface area (Å²) in [6.07, 6.45) is 5.70. The zero-order chi connectivity index (χ0) is 21.4. The van der Waals surface area contributed by atoms with E-state index < -0.39 is 6.23 Å². The maximum absolute atomic E-state index is 12.2. The van der Waals surface area contributed by atoms with Crippen LogP contribution in [0.25, 0.3) is 0 Å². The average Bonchev–Trinajstić information content (AvgIpc) is 2.60. The number of hydrogen-bond donors (Lipinski definition) is 4. The molecule has 1 saturated carbocycles. The van der Waals surface area contributed by atoms with E-state index in [0.29, 0.717) is 29.8 Å². The molecule has 0 bridgehead atoms. The standard InChI is InChI=1S/C23H37N3O3/c1-15(2)10-21(27)24-19-12-17(23(29)26-18-8-6-5-7-9-18)13-20(14-19)25-22(28)11-16(3)4/h12-16,18,23,26,29H,5-11H2,1-4H3,(H,24,27)(H,25,28). The van der Waals surface area contributed by atoms with Gasteiger partial charge in [0.05, 0.1) is 0 Å². The SMILES string of the molecule is CC(C)CC(=O)Nc1cc(NC(=O)CC(C)C)cc(C(O)NC2CCCCC2)c1. The fraction of sp³-hybridized carbons (Fsp3) is 0.652. The first-order chi connectivity index (χ1) is 13.7. The highest BCUT2D eigenvalue weighted by atomic mass is 16.3. The molecule has 162 valence electrons. The van der Waals surface area contributed by atoms with Crippen LogP contribution in [0.2, 0.25) is 0 Å². The zero-order valence-corrected chi connectivity index (χ0v) is 18.3. The molecule has 1 aliphatic carbocycles. The molecule has 2 rings (SSSR count). The van der Waals surface area contributed by atoms with Gasteiger partial charge in [0.15, 0.2) is 0 Å². The second-order valence-electron chi connectivity index (χ2n) is 9.04. The van der Waals surface area contributed by atoms with Crippen LogP contribution in [-0.2, 0) is 9.59 Å². The summed E-state index contributed by atoms with van der Waals surface area (Å²) < 4.78 is 0. The predicted octanol–water partition coefficient (Wildman–Crippen LogP) is 4.57. The van der Waals surface area contributed by atoms with E-state index in [1.54, 1.807) is 18.2 Å². The number of carbonyl (C=O) groups is 2. The number of nitrogens with one attached hydrogen (secondary N) is 3. The van der Waals surface area contributed by atoms with E-state index in [9.17, 15) is 14.7 Å². The summed E-state index contributed by atoms with van der Waals surface area (Å²) in [7, 11) is 0. The lowest BCUT2D eigenvalue weighted by Crippen LogP contribution is -2.34. The highest BCUT2D eigenvalue weighted by Gasteiger charge is 2.19. The topological polar surface area (TPSA) is 90.5 Å². The van der Waals surface area contributed by atoms with Gasteiger partial charge in [-0.15, -0.1) is 0 Å². The van der Waals surface area contributed by atoms with Crippen molar-refractivity contribution in [3.63, 3.8) is 0 Å². The van der Waals surface area contributed by atoms with E-state index in [1.807, 2.05) is 27.7 Å². The van der Waals surface area contributed by atoms with Crippen LogP contribution in [0, 0.1) is 11.8 Å². The van der Waals surface area contributed by atoms with E-state index in [4.69, 9.17) is 0 Å². The molecule has 2 amide bonds.